The lowest BCUT2D eigenvalue weighted by molar-refractivity contribution is -0.168. The van der Waals surface area contributed by atoms with Gasteiger partial charge in [-0.3, -0.25) is 19.2 Å². The molecule has 0 N–H and O–H groups in total. The van der Waals surface area contributed by atoms with Crippen LogP contribution >= 0.6 is 0 Å². The van der Waals surface area contributed by atoms with E-state index in [9.17, 15) is 19.2 Å². The lowest BCUT2D eigenvalue weighted by Gasteiger charge is -2.59. The summed E-state index contributed by atoms with van der Waals surface area (Å²) in [4.78, 5) is 51.1. The van der Waals surface area contributed by atoms with E-state index in [1.54, 1.807) is 0 Å². The highest BCUT2D eigenvalue weighted by molar-refractivity contribution is 5.93. The van der Waals surface area contributed by atoms with Gasteiger partial charge in [0.05, 0.1) is 7.11 Å². The van der Waals surface area contributed by atoms with Crippen LogP contribution in [-0.2, 0) is 23.9 Å². The van der Waals surface area contributed by atoms with Crippen LogP contribution in [-0.4, -0.2) is 30.4 Å². The molecule has 5 nitrogen and oxygen atoms in total. The van der Waals surface area contributed by atoms with Gasteiger partial charge in [0.1, 0.15) is 17.3 Å². The molecular formula is C26H38O5. The molecule has 172 valence electrons. The van der Waals surface area contributed by atoms with Crippen LogP contribution in [0.15, 0.2) is 0 Å². The minimum atomic E-state index is -0.510. The van der Waals surface area contributed by atoms with Crippen molar-refractivity contribution >= 4 is 23.3 Å². The predicted octanol–water partition coefficient (Wildman–Crippen LogP) is 4.55. The molecule has 4 fully saturated rings. The maximum Gasteiger partial charge on any atom is 0.305 e. The van der Waals surface area contributed by atoms with Crippen molar-refractivity contribution < 1.29 is 23.9 Å². The second-order valence-corrected chi connectivity index (χ2v) is 12.0. The largest absolute Gasteiger partial charge is 0.469 e. The van der Waals surface area contributed by atoms with Crippen LogP contribution in [0.1, 0.15) is 85.5 Å². The number of methoxy groups -OCH3 is 1. The molecule has 0 saturated heterocycles. The van der Waals surface area contributed by atoms with Crippen LogP contribution in [0.25, 0.3) is 0 Å². The Morgan fingerprint density at radius 1 is 1.06 bits per heavy atom. The number of esters is 1. The summed E-state index contributed by atoms with van der Waals surface area (Å²) in [6, 6.07) is 0. The number of carbonyl (C=O) groups is 4. The van der Waals surface area contributed by atoms with E-state index in [1.807, 2.05) is 0 Å². The summed E-state index contributed by atoms with van der Waals surface area (Å²) in [6.45, 7) is 8.69. The zero-order valence-corrected chi connectivity index (χ0v) is 19.8. The fourth-order valence-corrected chi connectivity index (χ4v) is 8.38. The third-order valence-corrected chi connectivity index (χ3v) is 10.3. The predicted molar refractivity (Wildman–Crippen MR) is 116 cm³/mol. The van der Waals surface area contributed by atoms with Crippen LogP contribution < -0.4 is 0 Å². The molecule has 4 rings (SSSR count). The zero-order valence-electron chi connectivity index (χ0n) is 19.8. The number of ether oxygens (including phenoxy) is 1. The molecule has 0 amide bonds. The first kappa shape index (κ1) is 22.7. The van der Waals surface area contributed by atoms with Gasteiger partial charge in [-0.1, -0.05) is 27.7 Å². The Bertz CT molecular complexity index is 813. The molecule has 31 heavy (non-hydrogen) atoms. The first-order chi connectivity index (χ1) is 14.4. The normalized spacial score (nSPS) is 42.6. The minimum absolute atomic E-state index is 0.0569. The number of hydrogen-bond donors (Lipinski definition) is 0. The van der Waals surface area contributed by atoms with Crippen molar-refractivity contribution in [3.05, 3.63) is 0 Å². The van der Waals surface area contributed by atoms with E-state index >= 15 is 0 Å². The minimum Gasteiger partial charge on any atom is -0.469 e. The van der Waals surface area contributed by atoms with E-state index in [-0.39, 0.29) is 52.2 Å². The number of fused-ring (bicyclic) bond motifs is 5. The molecule has 0 aromatic rings. The molecule has 5 heteroatoms. The molecule has 0 aliphatic heterocycles. The smallest absolute Gasteiger partial charge is 0.305 e. The number of rotatable bonds is 4. The van der Waals surface area contributed by atoms with Crippen LogP contribution in [0.5, 0.6) is 0 Å². The summed E-state index contributed by atoms with van der Waals surface area (Å²) >= 11 is 0. The van der Waals surface area contributed by atoms with E-state index in [2.05, 4.69) is 27.7 Å². The summed E-state index contributed by atoms with van der Waals surface area (Å²) in [6.07, 6.45) is 5.74. The quantitative estimate of drug-likeness (QED) is 0.612. The molecule has 4 aliphatic carbocycles. The average molecular weight is 431 g/mol. The Hall–Kier alpha value is -1.52. The summed E-state index contributed by atoms with van der Waals surface area (Å²) in [5.74, 6) is 1.03. The van der Waals surface area contributed by atoms with Gasteiger partial charge < -0.3 is 4.74 Å². The second kappa shape index (κ2) is 7.52. The topological polar surface area (TPSA) is 77.5 Å². The van der Waals surface area contributed by atoms with Crippen molar-refractivity contribution in [1.82, 2.24) is 0 Å². The highest BCUT2D eigenvalue weighted by Gasteiger charge is 2.67. The first-order valence-corrected chi connectivity index (χ1v) is 12.1. The molecule has 0 aromatic carbocycles. The Morgan fingerprint density at radius 2 is 1.77 bits per heavy atom. The summed E-state index contributed by atoms with van der Waals surface area (Å²) in [7, 11) is 1.41. The molecule has 5 unspecified atom stereocenters. The number of Topliss-reactive ketones (excluding diaryl/α,β-unsaturated/α-hetero) is 3. The van der Waals surface area contributed by atoms with Gasteiger partial charge in [0, 0.05) is 43.4 Å². The molecule has 4 saturated carbocycles. The summed E-state index contributed by atoms with van der Waals surface area (Å²) in [5, 5.41) is 0. The van der Waals surface area contributed by atoms with Crippen LogP contribution in [0.4, 0.5) is 0 Å². The lowest BCUT2D eigenvalue weighted by atomic mass is 9.43. The van der Waals surface area contributed by atoms with Gasteiger partial charge in [-0.15, -0.1) is 0 Å². The van der Waals surface area contributed by atoms with E-state index in [0.717, 1.165) is 19.3 Å². The molecule has 7 atom stereocenters. The summed E-state index contributed by atoms with van der Waals surface area (Å²) < 4.78 is 4.84. The number of hydrogen-bond acceptors (Lipinski definition) is 5. The van der Waals surface area contributed by atoms with Gasteiger partial charge in [0.15, 0.2) is 0 Å². The molecule has 0 radical (unpaired) electrons. The van der Waals surface area contributed by atoms with Crippen LogP contribution in [0.3, 0.4) is 0 Å². The van der Waals surface area contributed by atoms with E-state index < -0.39 is 5.41 Å². The molecule has 0 spiro atoms. The Balaban J connectivity index is 1.64. The maximum absolute atomic E-state index is 13.8. The lowest BCUT2D eigenvalue weighted by Crippen LogP contribution is -2.60. The molecule has 0 aromatic heterocycles. The fourth-order valence-electron chi connectivity index (χ4n) is 8.38. The standard InChI is InChI=1S/C26H38O5/c1-24(2,10-9-22(30)31-5)20-7-6-17-23-18(14-21(29)26(17,20)4)25(3)11-8-16(27)12-15(25)13-19(23)28/h15,17-18,20,23H,6-14H2,1-5H3/t15?,17-,18-,20?,23?,25?,26?/m0/s1. The number of carbonyl (C=O) groups excluding carboxylic acids is 4. The zero-order chi connectivity index (χ0) is 22.8. The first-order valence-electron chi connectivity index (χ1n) is 12.1. The van der Waals surface area contributed by atoms with Crippen LogP contribution in [0.2, 0.25) is 0 Å². The van der Waals surface area contributed by atoms with Crippen LogP contribution in [0, 0.1) is 45.8 Å². The van der Waals surface area contributed by atoms with Gasteiger partial charge in [0.2, 0.25) is 0 Å². The molecule has 4 aliphatic rings. The molecule has 0 bridgehead atoms. The Labute approximate surface area is 186 Å². The monoisotopic (exact) mass is 430 g/mol. The number of ketones is 3. The Kier molecular flexibility index (Phi) is 5.50. The second-order valence-electron chi connectivity index (χ2n) is 12.0. The van der Waals surface area contributed by atoms with E-state index in [0.29, 0.717) is 50.1 Å². The van der Waals surface area contributed by atoms with Crippen molar-refractivity contribution in [2.75, 3.05) is 7.11 Å². The highest BCUT2D eigenvalue weighted by Crippen LogP contribution is 2.67. The van der Waals surface area contributed by atoms with Crippen molar-refractivity contribution in [2.45, 2.75) is 85.5 Å². The van der Waals surface area contributed by atoms with Gasteiger partial charge in [-0.2, -0.15) is 0 Å². The summed E-state index contributed by atoms with van der Waals surface area (Å²) in [5.41, 5.74) is -0.770. The third-order valence-electron chi connectivity index (χ3n) is 10.3. The Morgan fingerprint density at radius 3 is 2.45 bits per heavy atom. The maximum atomic E-state index is 13.8. The van der Waals surface area contributed by atoms with Crippen molar-refractivity contribution in [3.8, 4) is 0 Å². The third kappa shape index (κ3) is 3.33. The molecule has 0 heterocycles. The van der Waals surface area contributed by atoms with Gasteiger partial charge in [0.25, 0.3) is 0 Å². The van der Waals surface area contributed by atoms with Crippen molar-refractivity contribution in [3.63, 3.8) is 0 Å². The van der Waals surface area contributed by atoms with E-state index in [1.165, 1.54) is 7.11 Å². The van der Waals surface area contributed by atoms with Crippen molar-refractivity contribution in [1.29, 1.82) is 0 Å². The van der Waals surface area contributed by atoms with Gasteiger partial charge >= 0.3 is 5.97 Å². The fraction of sp³-hybridized carbons (Fsp3) is 0.846. The highest BCUT2D eigenvalue weighted by atomic mass is 16.5. The van der Waals surface area contributed by atoms with E-state index in [4.69, 9.17) is 4.74 Å². The van der Waals surface area contributed by atoms with Crippen molar-refractivity contribution in [2.24, 2.45) is 45.8 Å². The van der Waals surface area contributed by atoms with Gasteiger partial charge in [-0.05, 0) is 60.2 Å². The van der Waals surface area contributed by atoms with Gasteiger partial charge in [-0.25, -0.2) is 0 Å². The average Bonchev–Trinajstić information content (AvgIpc) is 3.08. The molecular weight excluding hydrogens is 392 g/mol. The SMILES string of the molecule is COC(=O)CCC(C)(C)C1CC[C@H]2C3C(=O)CC4CC(=O)CCC4(C)[C@H]3CC(=O)C12C.